The van der Waals surface area contributed by atoms with Crippen molar-refractivity contribution in [2.75, 3.05) is 0 Å². The molecule has 2 aromatic carbocycles. The van der Waals surface area contributed by atoms with Crippen molar-refractivity contribution in [2.45, 2.75) is 24.4 Å². The minimum absolute atomic E-state index is 0.485. The first kappa shape index (κ1) is 22.2. The van der Waals surface area contributed by atoms with Gasteiger partial charge in [0.2, 0.25) is 0 Å². The topological polar surface area (TPSA) is 121 Å². The average Bonchev–Trinajstić information content (AvgIpc) is 2.69. The summed E-state index contributed by atoms with van der Waals surface area (Å²) in [6.07, 6.45) is -5.40. The van der Waals surface area contributed by atoms with Gasteiger partial charge >= 0.3 is 0 Å². The van der Waals surface area contributed by atoms with Gasteiger partial charge in [-0.2, -0.15) is 0 Å². The fourth-order valence-electron chi connectivity index (χ4n) is 2.35. The van der Waals surface area contributed by atoms with E-state index in [1.54, 1.807) is 48.5 Å². The highest BCUT2D eigenvalue weighted by Crippen LogP contribution is 2.19. The Hall–Kier alpha value is -2.06. The smallest absolute Gasteiger partial charge is 0.139 e. The monoisotopic (exact) mass is 426 g/mol. The van der Waals surface area contributed by atoms with E-state index in [-0.39, 0.29) is 0 Å². The maximum absolute atomic E-state index is 10.1. The lowest BCUT2D eigenvalue weighted by Gasteiger charge is -2.26. The number of halogens is 2. The van der Waals surface area contributed by atoms with Gasteiger partial charge in [-0.15, -0.1) is 0 Å². The fourth-order valence-corrected chi connectivity index (χ4v) is 2.61. The zero-order chi connectivity index (χ0) is 20.8. The van der Waals surface area contributed by atoms with Gasteiger partial charge in [-0.3, -0.25) is 0 Å². The third-order valence-corrected chi connectivity index (χ3v) is 4.48. The molecular formula is C20H20Cl2O6. The molecule has 8 heteroatoms. The Balaban J connectivity index is 2.09. The molecule has 0 saturated carbocycles. The van der Waals surface area contributed by atoms with Crippen LogP contribution in [-0.2, 0) is 0 Å². The Labute approximate surface area is 171 Å². The quantitative estimate of drug-likeness (QED) is 0.378. The second-order valence-corrected chi connectivity index (χ2v) is 6.99. The fraction of sp³-hybridized carbons (Fsp3) is 0.200. The van der Waals surface area contributed by atoms with Crippen LogP contribution < -0.4 is 0 Å². The van der Waals surface area contributed by atoms with Crippen LogP contribution in [0.2, 0.25) is 10.0 Å². The molecule has 150 valence electrons. The first-order valence-electron chi connectivity index (χ1n) is 8.23. The van der Waals surface area contributed by atoms with Crippen LogP contribution in [0, 0.1) is 0 Å². The lowest BCUT2D eigenvalue weighted by molar-refractivity contribution is -0.0996. The SMILES string of the molecule is OC(=Cc1ccc(Cl)cc1)C(O)C(O)C(O)C(O)C(O)=Cc1ccc(Cl)cc1. The molecule has 0 amide bonds. The molecule has 2 rings (SSSR count). The first-order valence-corrected chi connectivity index (χ1v) is 8.99. The Morgan fingerprint density at radius 1 is 0.607 bits per heavy atom. The summed E-state index contributed by atoms with van der Waals surface area (Å²) in [5, 5.41) is 61.1. The lowest BCUT2D eigenvalue weighted by Crippen LogP contribution is -2.45. The molecule has 0 aromatic heterocycles. The maximum Gasteiger partial charge on any atom is 0.139 e. The summed E-state index contributed by atoms with van der Waals surface area (Å²) in [6.45, 7) is 0. The molecule has 0 saturated heterocycles. The molecule has 0 aliphatic rings. The summed E-state index contributed by atoms with van der Waals surface area (Å²) >= 11 is 11.5. The molecule has 6 nitrogen and oxygen atoms in total. The van der Waals surface area contributed by atoms with Gasteiger partial charge in [-0.1, -0.05) is 47.5 Å². The molecule has 0 fully saturated rings. The van der Waals surface area contributed by atoms with Crippen molar-refractivity contribution >= 4 is 35.4 Å². The number of rotatable bonds is 7. The van der Waals surface area contributed by atoms with E-state index >= 15 is 0 Å². The van der Waals surface area contributed by atoms with Crippen LogP contribution in [0.15, 0.2) is 60.0 Å². The largest absolute Gasteiger partial charge is 0.509 e. The Morgan fingerprint density at radius 2 is 0.893 bits per heavy atom. The summed E-state index contributed by atoms with van der Waals surface area (Å²) in [7, 11) is 0. The average molecular weight is 427 g/mol. The van der Waals surface area contributed by atoms with Crippen molar-refractivity contribution in [3.63, 3.8) is 0 Å². The predicted octanol–water partition coefficient (Wildman–Crippen LogP) is 2.94. The van der Waals surface area contributed by atoms with Gasteiger partial charge in [0, 0.05) is 10.0 Å². The van der Waals surface area contributed by atoms with E-state index in [1.807, 2.05) is 0 Å². The number of aliphatic hydroxyl groups is 6. The maximum atomic E-state index is 10.1. The van der Waals surface area contributed by atoms with Crippen LogP contribution in [-0.4, -0.2) is 55.1 Å². The van der Waals surface area contributed by atoms with Gasteiger partial charge in [-0.05, 0) is 47.5 Å². The van der Waals surface area contributed by atoms with E-state index in [9.17, 15) is 30.6 Å². The minimum atomic E-state index is -1.97. The summed E-state index contributed by atoms with van der Waals surface area (Å²) in [6, 6.07) is 12.6. The van der Waals surface area contributed by atoms with E-state index in [4.69, 9.17) is 23.2 Å². The highest BCUT2D eigenvalue weighted by atomic mass is 35.5. The van der Waals surface area contributed by atoms with E-state index in [0.717, 1.165) is 0 Å². The summed E-state index contributed by atoms with van der Waals surface area (Å²) in [5.41, 5.74) is 0.988. The summed E-state index contributed by atoms with van der Waals surface area (Å²) in [4.78, 5) is 0. The molecule has 4 unspecified atom stereocenters. The van der Waals surface area contributed by atoms with Gasteiger partial charge in [0.1, 0.15) is 35.9 Å². The minimum Gasteiger partial charge on any atom is -0.509 e. The highest BCUT2D eigenvalue weighted by molar-refractivity contribution is 6.30. The molecule has 6 N–H and O–H groups in total. The third kappa shape index (κ3) is 5.97. The molecule has 28 heavy (non-hydrogen) atoms. The van der Waals surface area contributed by atoms with Crippen LogP contribution >= 0.6 is 23.2 Å². The number of benzene rings is 2. The molecule has 0 radical (unpaired) electrons. The van der Waals surface area contributed by atoms with Crippen LogP contribution in [0.5, 0.6) is 0 Å². The van der Waals surface area contributed by atoms with Gasteiger partial charge < -0.3 is 30.6 Å². The van der Waals surface area contributed by atoms with Crippen LogP contribution in [0.4, 0.5) is 0 Å². The Bertz CT molecular complexity index is 761. The van der Waals surface area contributed by atoms with Gasteiger partial charge in [0.15, 0.2) is 0 Å². The second-order valence-electron chi connectivity index (χ2n) is 6.11. The van der Waals surface area contributed by atoms with Crippen molar-refractivity contribution in [1.82, 2.24) is 0 Å². The van der Waals surface area contributed by atoms with E-state index in [1.165, 1.54) is 12.2 Å². The normalized spacial score (nSPS) is 17.1. The van der Waals surface area contributed by atoms with Gasteiger partial charge in [-0.25, -0.2) is 0 Å². The molecule has 2 aromatic rings. The van der Waals surface area contributed by atoms with Crippen molar-refractivity contribution in [1.29, 1.82) is 0 Å². The molecule has 0 bridgehead atoms. The molecule has 0 spiro atoms. The number of hydrogen-bond acceptors (Lipinski definition) is 6. The second kappa shape index (κ2) is 9.93. The zero-order valence-electron chi connectivity index (χ0n) is 14.5. The predicted molar refractivity (Wildman–Crippen MR) is 108 cm³/mol. The van der Waals surface area contributed by atoms with Crippen molar-refractivity contribution in [3.05, 3.63) is 81.2 Å². The van der Waals surface area contributed by atoms with Crippen LogP contribution in [0.3, 0.4) is 0 Å². The highest BCUT2D eigenvalue weighted by Gasteiger charge is 2.34. The van der Waals surface area contributed by atoms with E-state index < -0.39 is 35.9 Å². The summed E-state index contributed by atoms with van der Waals surface area (Å²) < 4.78 is 0. The lowest BCUT2D eigenvalue weighted by atomic mass is 9.99. The third-order valence-electron chi connectivity index (χ3n) is 3.97. The zero-order valence-corrected chi connectivity index (χ0v) is 16.0. The molecule has 4 atom stereocenters. The van der Waals surface area contributed by atoms with Crippen molar-refractivity contribution < 1.29 is 30.6 Å². The van der Waals surface area contributed by atoms with Crippen molar-refractivity contribution in [3.8, 4) is 0 Å². The van der Waals surface area contributed by atoms with Crippen LogP contribution in [0.25, 0.3) is 12.2 Å². The molecule has 0 aliphatic carbocycles. The van der Waals surface area contributed by atoms with Gasteiger partial charge in [0.25, 0.3) is 0 Å². The first-order chi connectivity index (χ1) is 13.2. The summed E-state index contributed by atoms with van der Waals surface area (Å²) in [5.74, 6) is -1.27. The molecule has 0 heterocycles. The Kier molecular flexibility index (Phi) is 7.88. The number of aliphatic hydroxyl groups excluding tert-OH is 6. The van der Waals surface area contributed by atoms with Crippen LogP contribution in [0.1, 0.15) is 11.1 Å². The van der Waals surface area contributed by atoms with E-state index in [0.29, 0.717) is 21.2 Å². The van der Waals surface area contributed by atoms with Gasteiger partial charge in [0.05, 0.1) is 0 Å². The van der Waals surface area contributed by atoms with Crippen molar-refractivity contribution in [2.24, 2.45) is 0 Å². The van der Waals surface area contributed by atoms with E-state index in [2.05, 4.69) is 0 Å². The molecular weight excluding hydrogens is 407 g/mol. The number of hydrogen-bond donors (Lipinski definition) is 6. The molecule has 0 aliphatic heterocycles. The Morgan fingerprint density at radius 3 is 1.18 bits per heavy atom. The standard InChI is InChI=1S/C20H20Cl2O6/c21-13-5-1-11(2-6-13)9-15(23)17(25)19(27)20(28)18(26)16(24)10-12-3-7-14(22)8-4-12/h1-10,17-20,23-28H.